The molecule has 0 unspecified atom stereocenters. The van der Waals surface area contributed by atoms with Crippen LogP contribution in [-0.4, -0.2) is 12.6 Å². The summed E-state index contributed by atoms with van der Waals surface area (Å²) in [5.74, 6) is 0. The van der Waals surface area contributed by atoms with E-state index in [0.29, 0.717) is 6.54 Å². The van der Waals surface area contributed by atoms with Gasteiger partial charge in [-0.3, -0.25) is 0 Å². The molecule has 3 nitrogen and oxygen atoms in total. The van der Waals surface area contributed by atoms with E-state index in [-0.39, 0.29) is 11.6 Å². The van der Waals surface area contributed by atoms with Gasteiger partial charge in [-0.15, -0.1) is 11.3 Å². The lowest BCUT2D eigenvalue weighted by atomic mass is 10.0. The van der Waals surface area contributed by atoms with E-state index in [2.05, 4.69) is 10.6 Å². The molecule has 0 saturated carbocycles. The molecule has 1 aromatic heterocycles. The molecule has 0 aliphatic carbocycles. The fourth-order valence-corrected chi connectivity index (χ4v) is 2.07. The first kappa shape index (κ1) is 12.0. The summed E-state index contributed by atoms with van der Waals surface area (Å²) in [6, 6.07) is 3.92. The van der Waals surface area contributed by atoms with E-state index < -0.39 is 0 Å². The third kappa shape index (κ3) is 3.55. The molecule has 0 fully saturated rings. The second-order valence-corrected chi connectivity index (χ2v) is 4.93. The highest BCUT2D eigenvalue weighted by molar-refractivity contribution is 7.10. The Bertz CT molecular complexity index is 306. The maximum Gasteiger partial charge on any atom is 0.315 e. The smallest absolute Gasteiger partial charge is 0.315 e. The average Bonchev–Trinajstić information content (AvgIpc) is 2.67. The van der Waals surface area contributed by atoms with Gasteiger partial charge in [0.1, 0.15) is 0 Å². The molecule has 0 bridgehead atoms. The van der Waals surface area contributed by atoms with Crippen molar-refractivity contribution < 1.29 is 4.79 Å². The number of thiophene rings is 1. The molecule has 0 radical (unpaired) electrons. The Morgan fingerprint density at radius 3 is 2.80 bits per heavy atom. The average molecular weight is 226 g/mol. The lowest BCUT2D eigenvalue weighted by molar-refractivity contribution is 0.230. The lowest BCUT2D eigenvalue weighted by Gasteiger charge is -2.25. The first-order valence-electron chi connectivity index (χ1n) is 5.16. The third-order valence-corrected chi connectivity index (χ3v) is 3.29. The summed E-state index contributed by atoms with van der Waals surface area (Å²) >= 11 is 1.65. The molecule has 15 heavy (non-hydrogen) atoms. The summed E-state index contributed by atoms with van der Waals surface area (Å²) in [7, 11) is 0. The molecule has 1 rings (SSSR count). The molecular formula is C11H18N2OS. The molecule has 2 amide bonds. The zero-order valence-corrected chi connectivity index (χ0v) is 10.3. The number of carbonyl (C=O) groups is 1. The number of nitrogens with one attached hydrogen (secondary N) is 2. The van der Waals surface area contributed by atoms with Crippen molar-refractivity contribution in [1.82, 2.24) is 10.6 Å². The Balaban J connectivity index is 2.53. The predicted octanol–water partition coefficient (Wildman–Crippen LogP) is 2.69. The quantitative estimate of drug-likeness (QED) is 0.814. The van der Waals surface area contributed by atoms with Gasteiger partial charge in [-0.25, -0.2) is 4.79 Å². The van der Waals surface area contributed by atoms with Crippen molar-refractivity contribution in [2.75, 3.05) is 6.54 Å². The van der Waals surface area contributed by atoms with Crippen LogP contribution < -0.4 is 10.6 Å². The summed E-state index contributed by atoms with van der Waals surface area (Å²) in [6.45, 7) is 6.76. The summed E-state index contributed by atoms with van der Waals surface area (Å²) in [4.78, 5) is 12.7. The van der Waals surface area contributed by atoms with Gasteiger partial charge in [-0.2, -0.15) is 0 Å². The molecule has 84 valence electrons. The Kier molecular flexibility index (Phi) is 4.15. The van der Waals surface area contributed by atoms with Gasteiger partial charge in [0.2, 0.25) is 0 Å². The SMILES string of the molecule is CCCNC(=O)NC(C)(C)c1cccs1. The minimum Gasteiger partial charge on any atom is -0.338 e. The van der Waals surface area contributed by atoms with Crippen LogP contribution in [0.4, 0.5) is 4.79 Å². The molecule has 0 saturated heterocycles. The third-order valence-electron chi connectivity index (χ3n) is 2.10. The Hall–Kier alpha value is -1.03. The minimum absolute atomic E-state index is 0.102. The van der Waals surface area contributed by atoms with Gasteiger partial charge in [0, 0.05) is 11.4 Å². The van der Waals surface area contributed by atoms with Crippen LogP contribution >= 0.6 is 11.3 Å². The normalized spacial score (nSPS) is 11.1. The molecule has 1 aromatic rings. The van der Waals surface area contributed by atoms with E-state index in [4.69, 9.17) is 0 Å². The van der Waals surface area contributed by atoms with Gasteiger partial charge in [-0.1, -0.05) is 13.0 Å². The van der Waals surface area contributed by atoms with Gasteiger partial charge in [0.05, 0.1) is 5.54 Å². The molecule has 0 aromatic carbocycles. The Morgan fingerprint density at radius 1 is 1.53 bits per heavy atom. The Morgan fingerprint density at radius 2 is 2.27 bits per heavy atom. The van der Waals surface area contributed by atoms with Crippen molar-refractivity contribution in [2.45, 2.75) is 32.7 Å². The number of urea groups is 1. The van der Waals surface area contributed by atoms with Gasteiger partial charge < -0.3 is 10.6 Å². The fraction of sp³-hybridized carbons (Fsp3) is 0.545. The molecular weight excluding hydrogens is 208 g/mol. The van der Waals surface area contributed by atoms with Crippen LogP contribution in [0, 0.1) is 0 Å². The molecule has 2 N–H and O–H groups in total. The molecule has 1 heterocycles. The second-order valence-electron chi connectivity index (χ2n) is 3.98. The van der Waals surface area contributed by atoms with Gasteiger partial charge >= 0.3 is 6.03 Å². The van der Waals surface area contributed by atoms with E-state index in [9.17, 15) is 4.79 Å². The molecule has 0 aliphatic rings. The van der Waals surface area contributed by atoms with E-state index >= 15 is 0 Å². The van der Waals surface area contributed by atoms with E-state index in [1.807, 2.05) is 38.3 Å². The maximum atomic E-state index is 11.5. The zero-order valence-electron chi connectivity index (χ0n) is 9.46. The van der Waals surface area contributed by atoms with Crippen molar-refractivity contribution in [3.63, 3.8) is 0 Å². The highest BCUT2D eigenvalue weighted by Crippen LogP contribution is 2.24. The molecule has 0 aliphatic heterocycles. The lowest BCUT2D eigenvalue weighted by Crippen LogP contribution is -2.46. The second kappa shape index (κ2) is 5.16. The monoisotopic (exact) mass is 226 g/mol. The summed E-state index contributed by atoms with van der Waals surface area (Å²) in [6.07, 6.45) is 0.951. The fourth-order valence-electron chi connectivity index (χ4n) is 1.26. The van der Waals surface area contributed by atoms with Crippen LogP contribution in [0.25, 0.3) is 0 Å². The number of carbonyl (C=O) groups excluding carboxylic acids is 1. The summed E-state index contributed by atoms with van der Waals surface area (Å²) < 4.78 is 0. The van der Waals surface area contributed by atoms with Gasteiger partial charge in [-0.05, 0) is 31.7 Å². The first-order valence-corrected chi connectivity index (χ1v) is 6.04. The van der Waals surface area contributed by atoms with Crippen LogP contribution in [0.1, 0.15) is 32.1 Å². The minimum atomic E-state index is -0.300. The summed E-state index contributed by atoms with van der Waals surface area (Å²) in [5, 5.41) is 7.78. The van der Waals surface area contributed by atoms with Crippen LogP contribution in [-0.2, 0) is 5.54 Å². The van der Waals surface area contributed by atoms with Crippen LogP contribution in [0.5, 0.6) is 0 Å². The first-order chi connectivity index (χ1) is 7.06. The van der Waals surface area contributed by atoms with Crippen LogP contribution in [0.3, 0.4) is 0 Å². The molecule has 4 heteroatoms. The number of amides is 2. The van der Waals surface area contributed by atoms with Crippen molar-refractivity contribution in [3.8, 4) is 0 Å². The molecule has 0 atom stereocenters. The van der Waals surface area contributed by atoms with E-state index in [1.165, 1.54) is 0 Å². The van der Waals surface area contributed by atoms with Crippen molar-refractivity contribution >= 4 is 17.4 Å². The predicted molar refractivity (Wildman–Crippen MR) is 64.2 cm³/mol. The van der Waals surface area contributed by atoms with Gasteiger partial charge in [0.25, 0.3) is 0 Å². The Labute approximate surface area is 94.9 Å². The highest BCUT2D eigenvalue weighted by Gasteiger charge is 2.23. The van der Waals surface area contributed by atoms with Crippen molar-refractivity contribution in [1.29, 1.82) is 0 Å². The van der Waals surface area contributed by atoms with Crippen LogP contribution in [0.15, 0.2) is 17.5 Å². The van der Waals surface area contributed by atoms with Crippen molar-refractivity contribution in [2.24, 2.45) is 0 Å². The van der Waals surface area contributed by atoms with Gasteiger partial charge in [0.15, 0.2) is 0 Å². The number of hydrogen-bond acceptors (Lipinski definition) is 2. The number of rotatable bonds is 4. The largest absolute Gasteiger partial charge is 0.338 e. The standard InChI is InChI=1S/C11H18N2OS/c1-4-7-12-10(14)13-11(2,3)9-6-5-8-15-9/h5-6,8H,4,7H2,1-3H3,(H2,12,13,14). The van der Waals surface area contributed by atoms with Crippen LogP contribution in [0.2, 0.25) is 0 Å². The van der Waals surface area contributed by atoms with E-state index in [1.54, 1.807) is 11.3 Å². The zero-order chi connectivity index (χ0) is 11.3. The highest BCUT2D eigenvalue weighted by atomic mass is 32.1. The maximum absolute atomic E-state index is 11.5. The molecule has 0 spiro atoms. The van der Waals surface area contributed by atoms with E-state index in [0.717, 1.165) is 11.3 Å². The number of hydrogen-bond donors (Lipinski definition) is 2. The summed E-state index contributed by atoms with van der Waals surface area (Å²) in [5.41, 5.74) is -0.300. The topological polar surface area (TPSA) is 41.1 Å². The van der Waals surface area contributed by atoms with Crippen molar-refractivity contribution in [3.05, 3.63) is 22.4 Å².